The summed E-state index contributed by atoms with van der Waals surface area (Å²) in [7, 11) is 0. The molecule has 0 saturated heterocycles. The van der Waals surface area contributed by atoms with Gasteiger partial charge in [0.05, 0.1) is 12.3 Å². The lowest BCUT2D eigenvalue weighted by molar-refractivity contribution is -0.117. The van der Waals surface area contributed by atoms with Crippen LogP contribution >= 0.6 is 11.8 Å². The van der Waals surface area contributed by atoms with E-state index in [0.717, 1.165) is 12.2 Å². The number of rotatable bonds is 3. The Balaban J connectivity index is 1.68. The third-order valence-corrected chi connectivity index (χ3v) is 4.34. The predicted octanol–water partition coefficient (Wildman–Crippen LogP) is 3.65. The Morgan fingerprint density at radius 1 is 1.30 bits per heavy atom. The number of furan rings is 1. The molecule has 0 aliphatic carbocycles. The highest BCUT2D eigenvalue weighted by Gasteiger charge is 2.20. The van der Waals surface area contributed by atoms with Gasteiger partial charge in [0, 0.05) is 16.7 Å². The molecule has 0 fully saturated rings. The second-order valence-corrected chi connectivity index (χ2v) is 5.72. The maximum absolute atomic E-state index is 12.0. The van der Waals surface area contributed by atoms with Crippen LogP contribution in [0.25, 0.3) is 6.08 Å². The highest BCUT2D eigenvalue weighted by Crippen LogP contribution is 2.35. The number of thioether (sulfide) groups is 1. The van der Waals surface area contributed by atoms with Crippen molar-refractivity contribution in [3.63, 3.8) is 0 Å². The average Bonchev–Trinajstić information content (AvgIpc) is 2.99. The van der Waals surface area contributed by atoms with Gasteiger partial charge in [-0.15, -0.1) is 11.8 Å². The van der Waals surface area contributed by atoms with Crippen molar-refractivity contribution in [3.05, 3.63) is 60.1 Å². The molecule has 4 heteroatoms. The van der Waals surface area contributed by atoms with Crippen LogP contribution in [0.4, 0.5) is 0 Å². The molecule has 102 valence electrons. The zero-order valence-corrected chi connectivity index (χ0v) is 11.7. The number of hydrogen-bond donors (Lipinski definition) is 1. The van der Waals surface area contributed by atoms with E-state index in [2.05, 4.69) is 17.4 Å². The Hall–Kier alpha value is -1.94. The molecule has 1 N–H and O–H groups in total. The third kappa shape index (κ3) is 2.96. The second-order valence-electron chi connectivity index (χ2n) is 4.58. The summed E-state index contributed by atoms with van der Waals surface area (Å²) in [6.07, 6.45) is 5.75. The highest BCUT2D eigenvalue weighted by molar-refractivity contribution is 7.99. The Labute approximate surface area is 122 Å². The van der Waals surface area contributed by atoms with Crippen molar-refractivity contribution in [2.24, 2.45) is 0 Å². The van der Waals surface area contributed by atoms with E-state index in [1.807, 2.05) is 30.0 Å². The maximum atomic E-state index is 12.0. The van der Waals surface area contributed by atoms with E-state index in [0.29, 0.717) is 5.76 Å². The molecule has 0 saturated carbocycles. The SMILES string of the molecule is O=C(/C=C/c1ccco1)N[C@@H]1CCSc2ccccc21. The van der Waals surface area contributed by atoms with Gasteiger partial charge in [-0.3, -0.25) is 4.79 Å². The summed E-state index contributed by atoms with van der Waals surface area (Å²) in [4.78, 5) is 13.2. The number of benzene rings is 1. The van der Waals surface area contributed by atoms with E-state index >= 15 is 0 Å². The van der Waals surface area contributed by atoms with Crippen molar-refractivity contribution < 1.29 is 9.21 Å². The zero-order chi connectivity index (χ0) is 13.8. The molecule has 1 amide bonds. The van der Waals surface area contributed by atoms with Crippen LogP contribution in [0, 0.1) is 0 Å². The molecular formula is C16H15NO2S. The van der Waals surface area contributed by atoms with Gasteiger partial charge in [-0.1, -0.05) is 18.2 Å². The van der Waals surface area contributed by atoms with Gasteiger partial charge in [0.25, 0.3) is 0 Å². The molecule has 0 radical (unpaired) electrons. The van der Waals surface area contributed by atoms with Gasteiger partial charge >= 0.3 is 0 Å². The molecule has 0 unspecified atom stereocenters. The standard InChI is InChI=1S/C16H15NO2S/c18-16(8-7-12-4-3-10-19-12)17-14-9-11-20-15-6-2-1-5-13(14)15/h1-8,10,14H,9,11H2,(H,17,18)/b8-7+/t14-/m1/s1. The molecular weight excluding hydrogens is 270 g/mol. The highest BCUT2D eigenvalue weighted by atomic mass is 32.2. The number of nitrogens with one attached hydrogen (secondary N) is 1. The lowest BCUT2D eigenvalue weighted by atomic mass is 10.0. The van der Waals surface area contributed by atoms with Crippen molar-refractivity contribution in [1.82, 2.24) is 5.32 Å². The van der Waals surface area contributed by atoms with Gasteiger partial charge in [-0.25, -0.2) is 0 Å². The molecule has 1 atom stereocenters. The van der Waals surface area contributed by atoms with E-state index in [1.165, 1.54) is 16.5 Å². The molecule has 1 aromatic heterocycles. The first kappa shape index (κ1) is 13.1. The molecule has 1 aliphatic rings. The molecule has 3 nitrogen and oxygen atoms in total. The lowest BCUT2D eigenvalue weighted by Gasteiger charge is -2.25. The Bertz CT molecular complexity index is 619. The van der Waals surface area contributed by atoms with Gasteiger partial charge < -0.3 is 9.73 Å². The van der Waals surface area contributed by atoms with Gasteiger partial charge in [-0.2, -0.15) is 0 Å². The summed E-state index contributed by atoms with van der Waals surface area (Å²) in [6.45, 7) is 0. The third-order valence-electron chi connectivity index (χ3n) is 3.22. The second kappa shape index (κ2) is 6.01. The Morgan fingerprint density at radius 2 is 2.20 bits per heavy atom. The van der Waals surface area contributed by atoms with Crippen molar-refractivity contribution >= 4 is 23.7 Å². The fourth-order valence-corrected chi connectivity index (χ4v) is 3.38. The van der Waals surface area contributed by atoms with Crippen LogP contribution in [0.2, 0.25) is 0 Å². The smallest absolute Gasteiger partial charge is 0.244 e. The van der Waals surface area contributed by atoms with Crippen LogP contribution in [0.5, 0.6) is 0 Å². The van der Waals surface area contributed by atoms with Gasteiger partial charge in [0.1, 0.15) is 5.76 Å². The largest absolute Gasteiger partial charge is 0.465 e. The normalized spacial score (nSPS) is 17.9. The summed E-state index contributed by atoms with van der Waals surface area (Å²) < 4.78 is 5.16. The number of carbonyl (C=O) groups is 1. The molecule has 3 rings (SSSR count). The molecule has 0 spiro atoms. The lowest BCUT2D eigenvalue weighted by Crippen LogP contribution is -2.29. The van der Waals surface area contributed by atoms with Crippen LogP contribution in [0.3, 0.4) is 0 Å². The van der Waals surface area contributed by atoms with Crippen molar-refractivity contribution in [3.8, 4) is 0 Å². The minimum atomic E-state index is -0.0897. The van der Waals surface area contributed by atoms with Crippen LogP contribution in [0.1, 0.15) is 23.8 Å². The summed E-state index contributed by atoms with van der Waals surface area (Å²) in [5, 5.41) is 3.06. The van der Waals surface area contributed by atoms with Gasteiger partial charge in [0.2, 0.25) is 5.91 Å². The number of fused-ring (bicyclic) bond motifs is 1. The molecule has 1 aromatic carbocycles. The first-order valence-corrected chi connectivity index (χ1v) is 7.55. The van der Waals surface area contributed by atoms with Crippen LogP contribution in [-0.2, 0) is 4.79 Å². The summed E-state index contributed by atoms with van der Waals surface area (Å²) >= 11 is 1.85. The van der Waals surface area contributed by atoms with Crippen molar-refractivity contribution in [2.45, 2.75) is 17.4 Å². The summed E-state index contributed by atoms with van der Waals surface area (Å²) in [5.41, 5.74) is 1.21. The molecule has 0 bridgehead atoms. The topological polar surface area (TPSA) is 42.2 Å². The average molecular weight is 285 g/mol. The predicted molar refractivity (Wildman–Crippen MR) is 80.4 cm³/mol. The van der Waals surface area contributed by atoms with Crippen molar-refractivity contribution in [1.29, 1.82) is 0 Å². The first-order chi connectivity index (χ1) is 9.83. The molecule has 2 aromatic rings. The Kier molecular flexibility index (Phi) is 3.92. The van der Waals surface area contributed by atoms with E-state index < -0.39 is 0 Å². The van der Waals surface area contributed by atoms with E-state index in [4.69, 9.17) is 4.42 Å². The monoisotopic (exact) mass is 285 g/mol. The van der Waals surface area contributed by atoms with Crippen LogP contribution in [-0.4, -0.2) is 11.7 Å². The zero-order valence-electron chi connectivity index (χ0n) is 10.9. The van der Waals surface area contributed by atoms with Crippen molar-refractivity contribution in [2.75, 3.05) is 5.75 Å². The van der Waals surface area contributed by atoms with E-state index in [9.17, 15) is 4.79 Å². The minimum Gasteiger partial charge on any atom is -0.465 e. The molecule has 20 heavy (non-hydrogen) atoms. The fraction of sp³-hybridized carbons (Fsp3) is 0.188. The number of amides is 1. The molecule has 2 heterocycles. The van der Waals surface area contributed by atoms with Crippen LogP contribution in [0.15, 0.2) is 58.1 Å². The Morgan fingerprint density at radius 3 is 3.05 bits per heavy atom. The fourth-order valence-electron chi connectivity index (χ4n) is 2.26. The first-order valence-electron chi connectivity index (χ1n) is 6.57. The summed E-state index contributed by atoms with van der Waals surface area (Å²) in [6, 6.07) is 12.0. The van der Waals surface area contributed by atoms with E-state index in [-0.39, 0.29) is 11.9 Å². The number of hydrogen-bond acceptors (Lipinski definition) is 3. The maximum Gasteiger partial charge on any atom is 0.244 e. The quantitative estimate of drug-likeness (QED) is 0.875. The van der Waals surface area contributed by atoms with Gasteiger partial charge in [0.15, 0.2) is 0 Å². The minimum absolute atomic E-state index is 0.0897. The molecule has 1 aliphatic heterocycles. The summed E-state index contributed by atoms with van der Waals surface area (Å²) in [5.74, 6) is 1.62. The number of carbonyl (C=O) groups excluding carboxylic acids is 1. The van der Waals surface area contributed by atoms with Gasteiger partial charge in [-0.05, 0) is 36.3 Å². The van der Waals surface area contributed by atoms with E-state index in [1.54, 1.807) is 18.4 Å². The van der Waals surface area contributed by atoms with Crippen LogP contribution < -0.4 is 5.32 Å².